The number of hydrogen-bond acceptors (Lipinski definition) is 3. The van der Waals surface area contributed by atoms with Crippen LogP contribution in [0.4, 0.5) is 5.69 Å². The molecule has 1 N–H and O–H groups in total. The summed E-state index contributed by atoms with van der Waals surface area (Å²) in [5.41, 5.74) is 2.69. The highest BCUT2D eigenvalue weighted by Crippen LogP contribution is 2.49. The minimum Gasteiger partial charge on any atom is -0.389 e. The molecule has 1 saturated carbocycles. The Hall–Kier alpha value is -2.59. The molecule has 1 aliphatic carbocycles. The van der Waals surface area contributed by atoms with Crippen molar-refractivity contribution in [1.82, 2.24) is 4.90 Å². The van der Waals surface area contributed by atoms with Crippen LogP contribution >= 0.6 is 0 Å². The molecule has 0 aromatic heterocycles. The highest BCUT2D eigenvalue weighted by molar-refractivity contribution is 5.92. The molecule has 0 bridgehead atoms. The van der Waals surface area contributed by atoms with Gasteiger partial charge in [0.05, 0.1) is 11.6 Å². The van der Waals surface area contributed by atoms with E-state index in [-0.39, 0.29) is 17.9 Å². The summed E-state index contributed by atoms with van der Waals surface area (Å²) in [5.74, 6) is 0.109. The maximum absolute atomic E-state index is 13.4. The zero-order chi connectivity index (χ0) is 22.6. The van der Waals surface area contributed by atoms with Crippen LogP contribution in [0.1, 0.15) is 63.1 Å². The van der Waals surface area contributed by atoms with Gasteiger partial charge in [0.1, 0.15) is 0 Å². The molecule has 2 aromatic carbocycles. The molecule has 2 aliphatic rings. The van der Waals surface area contributed by atoms with Crippen LogP contribution in [0.3, 0.4) is 0 Å². The largest absolute Gasteiger partial charge is 0.389 e. The molecular formula is C28H36N2O2. The van der Waals surface area contributed by atoms with Crippen molar-refractivity contribution in [2.24, 2.45) is 5.92 Å². The van der Waals surface area contributed by atoms with E-state index >= 15 is 0 Å². The first-order valence-corrected chi connectivity index (χ1v) is 12.2. The van der Waals surface area contributed by atoms with Crippen LogP contribution < -0.4 is 4.90 Å². The summed E-state index contributed by atoms with van der Waals surface area (Å²) in [6, 6.07) is 18.5. The van der Waals surface area contributed by atoms with Gasteiger partial charge in [0.15, 0.2) is 0 Å². The normalized spacial score (nSPS) is 25.5. The summed E-state index contributed by atoms with van der Waals surface area (Å²) < 4.78 is 0. The van der Waals surface area contributed by atoms with E-state index in [2.05, 4.69) is 43.0 Å². The Morgan fingerprint density at radius 3 is 2.47 bits per heavy atom. The molecule has 32 heavy (non-hydrogen) atoms. The fraction of sp³-hybridized carbons (Fsp3) is 0.464. The summed E-state index contributed by atoms with van der Waals surface area (Å²) >= 11 is 0. The Bertz CT molecular complexity index is 920. The van der Waals surface area contributed by atoms with Crippen molar-refractivity contribution in [3.8, 4) is 0 Å². The van der Waals surface area contributed by atoms with E-state index in [9.17, 15) is 9.90 Å². The minimum absolute atomic E-state index is 0.0271. The Morgan fingerprint density at radius 1 is 1.06 bits per heavy atom. The van der Waals surface area contributed by atoms with Crippen LogP contribution in [0.25, 0.3) is 6.08 Å². The summed E-state index contributed by atoms with van der Waals surface area (Å²) in [6.07, 6.45) is 8.24. The lowest BCUT2D eigenvalue weighted by Gasteiger charge is -2.52. The summed E-state index contributed by atoms with van der Waals surface area (Å²) in [6.45, 7) is 6.86. The van der Waals surface area contributed by atoms with E-state index in [1.54, 1.807) is 6.08 Å². The van der Waals surface area contributed by atoms with E-state index < -0.39 is 5.60 Å². The number of carbonyl (C=O) groups is 1. The second-order valence-corrected chi connectivity index (χ2v) is 9.19. The monoisotopic (exact) mass is 432 g/mol. The van der Waals surface area contributed by atoms with Gasteiger partial charge >= 0.3 is 0 Å². The number of piperidine rings is 1. The van der Waals surface area contributed by atoms with Crippen molar-refractivity contribution < 1.29 is 9.90 Å². The predicted octanol–water partition coefficient (Wildman–Crippen LogP) is 5.44. The number of benzene rings is 2. The first-order chi connectivity index (χ1) is 15.6. The molecule has 2 fully saturated rings. The van der Waals surface area contributed by atoms with Gasteiger partial charge in [-0.15, -0.1) is 0 Å². The van der Waals surface area contributed by atoms with Crippen LogP contribution in [0.15, 0.2) is 60.7 Å². The average molecular weight is 433 g/mol. The zero-order valence-corrected chi connectivity index (χ0v) is 19.4. The van der Waals surface area contributed by atoms with Crippen LogP contribution in [0.2, 0.25) is 0 Å². The van der Waals surface area contributed by atoms with Gasteiger partial charge in [-0.25, -0.2) is 0 Å². The molecule has 170 valence electrons. The van der Waals surface area contributed by atoms with Crippen LogP contribution in [-0.2, 0) is 4.79 Å². The molecular weight excluding hydrogens is 396 g/mol. The van der Waals surface area contributed by atoms with Crippen molar-refractivity contribution in [2.75, 3.05) is 24.5 Å². The number of aliphatic hydroxyl groups is 1. The maximum Gasteiger partial charge on any atom is 0.247 e. The first-order valence-electron chi connectivity index (χ1n) is 12.2. The second-order valence-electron chi connectivity index (χ2n) is 9.19. The van der Waals surface area contributed by atoms with Crippen LogP contribution in [0.5, 0.6) is 0 Å². The number of carbonyl (C=O) groups excluding carboxylic acids is 1. The molecule has 2 aromatic rings. The number of nitrogens with zero attached hydrogens (tertiary/aromatic N) is 2. The lowest BCUT2D eigenvalue weighted by molar-refractivity contribution is -0.150. The number of fused-ring (bicyclic) bond motifs is 1. The molecule has 1 aliphatic heterocycles. The summed E-state index contributed by atoms with van der Waals surface area (Å²) in [4.78, 5) is 17.7. The SMILES string of the molecule is CCN(CC)c1ccc([C@H]2C3CCCCC3(O)CCN2C(=O)C=Cc2ccccc2)cc1. The number of rotatable bonds is 6. The molecule has 1 amide bonds. The number of anilines is 1. The first kappa shape index (κ1) is 22.6. The molecule has 0 spiro atoms. The summed E-state index contributed by atoms with van der Waals surface area (Å²) in [7, 11) is 0. The van der Waals surface area contributed by atoms with Crippen molar-refractivity contribution >= 4 is 17.7 Å². The fourth-order valence-electron chi connectivity index (χ4n) is 5.64. The highest BCUT2D eigenvalue weighted by atomic mass is 16.3. The molecule has 4 rings (SSSR count). The third-order valence-corrected chi connectivity index (χ3v) is 7.43. The third-order valence-electron chi connectivity index (χ3n) is 7.43. The topological polar surface area (TPSA) is 43.8 Å². The van der Waals surface area contributed by atoms with Gasteiger partial charge in [0, 0.05) is 37.3 Å². The standard InChI is InChI=1S/C28H36N2O2/c1-3-29(4-2)24-16-14-23(15-17-24)27-25-12-8-9-19-28(25,32)20-21-30(27)26(31)18-13-22-10-6-5-7-11-22/h5-7,10-11,13-18,25,27,32H,3-4,8-9,12,19-21H2,1-2H3/t25?,27-,28?/m0/s1. The molecule has 3 atom stereocenters. The van der Waals surface area contributed by atoms with Gasteiger partial charge in [-0.1, -0.05) is 55.3 Å². The van der Waals surface area contributed by atoms with Crippen molar-refractivity contribution in [3.63, 3.8) is 0 Å². The van der Waals surface area contributed by atoms with Gasteiger partial charge in [-0.05, 0) is 62.4 Å². The smallest absolute Gasteiger partial charge is 0.247 e. The van der Waals surface area contributed by atoms with Crippen molar-refractivity contribution in [1.29, 1.82) is 0 Å². The third kappa shape index (κ3) is 4.61. The Morgan fingerprint density at radius 2 is 1.78 bits per heavy atom. The van der Waals surface area contributed by atoms with Crippen LogP contribution in [-0.4, -0.2) is 41.1 Å². The quantitative estimate of drug-likeness (QED) is 0.618. The molecule has 2 unspecified atom stereocenters. The van der Waals surface area contributed by atoms with E-state index in [4.69, 9.17) is 0 Å². The molecule has 1 saturated heterocycles. The maximum atomic E-state index is 13.4. The molecule has 4 heteroatoms. The van der Waals surface area contributed by atoms with Gasteiger partial charge in [-0.2, -0.15) is 0 Å². The minimum atomic E-state index is -0.666. The van der Waals surface area contributed by atoms with Gasteiger partial charge in [-0.3, -0.25) is 4.79 Å². The average Bonchev–Trinajstić information content (AvgIpc) is 2.83. The lowest BCUT2D eigenvalue weighted by atomic mass is 9.66. The predicted molar refractivity (Wildman–Crippen MR) is 131 cm³/mol. The number of amides is 1. The van der Waals surface area contributed by atoms with Gasteiger partial charge in [0.2, 0.25) is 5.91 Å². The number of hydrogen-bond donors (Lipinski definition) is 1. The van der Waals surface area contributed by atoms with E-state index in [0.717, 1.165) is 49.9 Å². The van der Waals surface area contributed by atoms with Crippen LogP contribution in [0, 0.1) is 5.92 Å². The molecule has 1 heterocycles. The summed E-state index contributed by atoms with van der Waals surface area (Å²) in [5, 5.41) is 11.5. The Labute approximate surface area is 192 Å². The highest BCUT2D eigenvalue weighted by Gasteiger charge is 2.49. The van der Waals surface area contributed by atoms with Gasteiger partial charge in [0.25, 0.3) is 0 Å². The van der Waals surface area contributed by atoms with E-state index in [1.165, 1.54) is 5.69 Å². The Balaban J connectivity index is 1.64. The molecule has 0 radical (unpaired) electrons. The number of likely N-dealkylation sites (tertiary alicyclic amines) is 1. The Kier molecular flexibility index (Phi) is 7.00. The molecule has 4 nitrogen and oxygen atoms in total. The van der Waals surface area contributed by atoms with Gasteiger partial charge < -0.3 is 14.9 Å². The zero-order valence-electron chi connectivity index (χ0n) is 19.4. The van der Waals surface area contributed by atoms with Crippen molar-refractivity contribution in [3.05, 3.63) is 71.8 Å². The van der Waals surface area contributed by atoms with E-state index in [1.807, 2.05) is 41.3 Å². The second kappa shape index (κ2) is 9.91. The van der Waals surface area contributed by atoms with E-state index in [0.29, 0.717) is 13.0 Å². The van der Waals surface area contributed by atoms with Crippen molar-refractivity contribution in [2.45, 2.75) is 57.6 Å². The fourth-order valence-corrected chi connectivity index (χ4v) is 5.64. The lowest BCUT2D eigenvalue weighted by Crippen LogP contribution is -2.56.